The zero-order valence-corrected chi connectivity index (χ0v) is 27.7. The molecule has 1 atom stereocenters. The Hall–Kier alpha value is -4.85. The summed E-state index contributed by atoms with van der Waals surface area (Å²) in [4.78, 5) is 58.7. The predicted molar refractivity (Wildman–Crippen MR) is 176 cm³/mol. The van der Waals surface area contributed by atoms with Gasteiger partial charge in [-0.1, -0.05) is 0 Å². The van der Waals surface area contributed by atoms with E-state index in [0.717, 1.165) is 43.9 Å². The van der Waals surface area contributed by atoms with Crippen LogP contribution in [0.15, 0.2) is 48.4 Å². The number of benzene rings is 1. The summed E-state index contributed by atoms with van der Waals surface area (Å²) in [6.45, 7) is 9.28. The van der Waals surface area contributed by atoms with E-state index >= 15 is 4.39 Å². The number of carbonyl (C=O) groups excluding carboxylic acids is 3. The third-order valence-corrected chi connectivity index (χ3v) is 10.1. The first-order valence-corrected chi connectivity index (χ1v) is 16.9. The molecule has 4 aromatic rings. The number of likely N-dealkylation sites (tertiary alicyclic amines) is 1. The number of imidazole rings is 1. The molecule has 1 N–H and O–H groups in total. The fraction of sp³-hybridized carbons (Fsp3) is 0.412. The maximum absolute atomic E-state index is 15.7. The van der Waals surface area contributed by atoms with E-state index < -0.39 is 29.3 Å². The number of hydrogen-bond acceptors (Lipinski definition) is 9. The first-order chi connectivity index (χ1) is 23.0. The summed E-state index contributed by atoms with van der Waals surface area (Å²) in [5.41, 5.74) is 3.37. The van der Waals surface area contributed by atoms with Crippen LogP contribution in [0.1, 0.15) is 60.5 Å². The number of halogens is 1. The number of pyridine rings is 1. The number of nitrogens with zero attached hydrogens (tertiary/aromatic N) is 7. The van der Waals surface area contributed by atoms with Crippen LogP contribution in [-0.2, 0) is 29.0 Å². The molecule has 12 nitrogen and oxygen atoms in total. The molecule has 0 radical (unpaired) electrons. The lowest BCUT2D eigenvalue weighted by atomic mass is 9.73. The van der Waals surface area contributed by atoms with Gasteiger partial charge in [0.1, 0.15) is 11.4 Å². The molecule has 1 spiro atoms. The van der Waals surface area contributed by atoms with Crippen molar-refractivity contribution in [1.82, 2.24) is 29.3 Å². The summed E-state index contributed by atoms with van der Waals surface area (Å²) in [5.74, 6) is -1.40. The second-order valence-electron chi connectivity index (χ2n) is 14.1. The van der Waals surface area contributed by atoms with Gasteiger partial charge in [0.05, 0.1) is 36.1 Å². The third-order valence-electron chi connectivity index (χ3n) is 9.45. The molecule has 248 valence electrons. The van der Waals surface area contributed by atoms with E-state index in [-0.39, 0.29) is 29.2 Å². The molecular formula is C34H35FN8O4S. The number of amides is 3. The fourth-order valence-corrected chi connectivity index (χ4v) is 7.79. The smallest absolute Gasteiger partial charge is 0.410 e. The van der Waals surface area contributed by atoms with E-state index in [1.54, 1.807) is 35.1 Å². The number of aromatic nitrogens is 4. The van der Waals surface area contributed by atoms with Crippen molar-refractivity contribution in [2.24, 2.45) is 5.41 Å². The first kappa shape index (κ1) is 30.5. The van der Waals surface area contributed by atoms with E-state index in [2.05, 4.69) is 25.2 Å². The molecule has 1 unspecified atom stereocenters. The van der Waals surface area contributed by atoms with Gasteiger partial charge in [0.2, 0.25) is 0 Å². The number of thiazole rings is 1. The standard InChI is InChI=1S/C34H35FN8O4S/c1-33(2,3)47-32(46)42-17-34(18-42)15-41(16-34)21-6-7-25(37-13-21)20-11-22-23(24(35)12-20)14-43(30(22)45)28(29(44)39-31-36-8-10-48-31)27-26-5-4-9-40(26)19-38-27/h6-8,10-13,19,28H,4-5,9,14-18H2,1-3H3,(H,36,39,44). The van der Waals surface area contributed by atoms with Crippen LogP contribution in [0.25, 0.3) is 11.3 Å². The third kappa shape index (κ3) is 5.27. The van der Waals surface area contributed by atoms with Crippen LogP contribution in [0.2, 0.25) is 0 Å². The van der Waals surface area contributed by atoms with Gasteiger partial charge in [0, 0.05) is 72.1 Å². The van der Waals surface area contributed by atoms with Crippen LogP contribution in [0, 0.1) is 11.2 Å². The van der Waals surface area contributed by atoms with Crippen molar-refractivity contribution in [1.29, 1.82) is 0 Å². The van der Waals surface area contributed by atoms with E-state index in [0.29, 0.717) is 35.2 Å². The molecule has 48 heavy (non-hydrogen) atoms. The van der Waals surface area contributed by atoms with Crippen LogP contribution in [0.3, 0.4) is 0 Å². The van der Waals surface area contributed by atoms with Gasteiger partial charge in [0.15, 0.2) is 11.2 Å². The Morgan fingerprint density at radius 2 is 1.92 bits per heavy atom. The molecular weight excluding hydrogens is 635 g/mol. The molecule has 1 aromatic carbocycles. The van der Waals surface area contributed by atoms with E-state index in [1.165, 1.54) is 22.3 Å². The van der Waals surface area contributed by atoms with Gasteiger partial charge in [-0.15, -0.1) is 11.3 Å². The molecule has 2 saturated heterocycles. The number of hydrogen-bond donors (Lipinski definition) is 1. The summed E-state index contributed by atoms with van der Waals surface area (Å²) < 4.78 is 23.2. The van der Waals surface area contributed by atoms with Crippen LogP contribution in [0.5, 0.6) is 0 Å². The molecule has 8 rings (SSSR count). The molecule has 4 aliphatic rings. The van der Waals surface area contributed by atoms with E-state index in [4.69, 9.17) is 4.74 Å². The first-order valence-electron chi connectivity index (χ1n) is 16.0. The molecule has 3 amide bonds. The van der Waals surface area contributed by atoms with Crippen molar-refractivity contribution < 1.29 is 23.5 Å². The topological polar surface area (TPSA) is 126 Å². The van der Waals surface area contributed by atoms with Crippen LogP contribution in [-0.4, -0.2) is 79.0 Å². The van der Waals surface area contributed by atoms with E-state index in [1.807, 2.05) is 37.5 Å². The van der Waals surface area contributed by atoms with Crippen molar-refractivity contribution in [2.75, 3.05) is 36.4 Å². The lowest BCUT2D eigenvalue weighted by Gasteiger charge is -2.60. The Balaban J connectivity index is 0.983. The van der Waals surface area contributed by atoms with Crippen molar-refractivity contribution in [3.05, 3.63) is 76.7 Å². The number of rotatable bonds is 6. The molecule has 14 heteroatoms. The molecule has 7 heterocycles. The Kier molecular flexibility index (Phi) is 7.06. The lowest BCUT2D eigenvalue weighted by Crippen LogP contribution is -2.73. The summed E-state index contributed by atoms with van der Waals surface area (Å²) in [5, 5.41) is 4.99. The Morgan fingerprint density at radius 1 is 1.10 bits per heavy atom. The van der Waals surface area contributed by atoms with Crippen molar-refractivity contribution >= 4 is 40.1 Å². The predicted octanol–water partition coefficient (Wildman–Crippen LogP) is 4.88. The minimum Gasteiger partial charge on any atom is -0.444 e. The van der Waals surface area contributed by atoms with Crippen molar-refractivity contribution in [2.45, 2.75) is 58.3 Å². The number of anilines is 2. The van der Waals surface area contributed by atoms with Crippen LogP contribution < -0.4 is 10.2 Å². The highest BCUT2D eigenvalue weighted by atomic mass is 32.1. The summed E-state index contributed by atoms with van der Waals surface area (Å²) in [6.07, 6.45) is 6.44. The lowest BCUT2D eigenvalue weighted by molar-refractivity contribution is -0.121. The second-order valence-corrected chi connectivity index (χ2v) is 15.0. The Bertz CT molecular complexity index is 1920. The highest BCUT2D eigenvalue weighted by Gasteiger charge is 2.54. The molecule has 2 fully saturated rings. The number of aryl methyl sites for hydroxylation is 1. The van der Waals surface area contributed by atoms with Crippen molar-refractivity contribution in [3.8, 4) is 11.3 Å². The Morgan fingerprint density at radius 3 is 2.62 bits per heavy atom. The van der Waals surface area contributed by atoms with Gasteiger partial charge < -0.3 is 24.0 Å². The van der Waals surface area contributed by atoms with Gasteiger partial charge in [-0.2, -0.15) is 0 Å². The molecule has 0 saturated carbocycles. The normalized spacial score (nSPS) is 18.3. The minimum atomic E-state index is -1.05. The van der Waals surface area contributed by atoms with Gasteiger partial charge >= 0.3 is 6.09 Å². The largest absolute Gasteiger partial charge is 0.444 e. The van der Waals surface area contributed by atoms with Crippen molar-refractivity contribution in [3.63, 3.8) is 0 Å². The number of nitrogens with one attached hydrogen (secondary N) is 1. The van der Waals surface area contributed by atoms with Gasteiger partial charge in [-0.3, -0.25) is 19.9 Å². The van der Waals surface area contributed by atoms with Gasteiger partial charge in [-0.25, -0.2) is 19.2 Å². The maximum atomic E-state index is 15.7. The average Bonchev–Trinajstić information content (AvgIpc) is 3.79. The second kappa shape index (κ2) is 11.1. The minimum absolute atomic E-state index is 0.0586. The molecule has 4 aliphatic heterocycles. The zero-order chi connectivity index (χ0) is 33.4. The highest BCUT2D eigenvalue weighted by Crippen LogP contribution is 2.43. The quantitative estimate of drug-likeness (QED) is 0.308. The van der Waals surface area contributed by atoms with Gasteiger partial charge in [0.25, 0.3) is 11.8 Å². The number of fused-ring (bicyclic) bond motifs is 2. The summed E-state index contributed by atoms with van der Waals surface area (Å²) in [6, 6.07) is 5.78. The Labute approximate surface area is 280 Å². The molecule has 0 bridgehead atoms. The van der Waals surface area contributed by atoms with Gasteiger partial charge in [-0.05, 0) is 57.9 Å². The average molecular weight is 671 g/mol. The van der Waals surface area contributed by atoms with E-state index in [9.17, 15) is 14.4 Å². The number of carbonyl (C=O) groups is 3. The highest BCUT2D eigenvalue weighted by molar-refractivity contribution is 7.13. The zero-order valence-electron chi connectivity index (χ0n) is 26.9. The molecule has 3 aromatic heterocycles. The molecule has 0 aliphatic carbocycles. The SMILES string of the molecule is CC(C)(C)OC(=O)N1CC2(C1)CN(c1ccc(-c3cc(F)c4c(c3)C(=O)N(C(C(=O)Nc3nccs3)c3ncn5c3CCC5)C4)nc1)C2. The summed E-state index contributed by atoms with van der Waals surface area (Å²) >= 11 is 1.28. The monoisotopic (exact) mass is 670 g/mol. The maximum Gasteiger partial charge on any atom is 0.410 e. The number of ether oxygens (including phenoxy) is 1. The van der Waals surface area contributed by atoms with Crippen LogP contribution in [0.4, 0.5) is 20.0 Å². The summed E-state index contributed by atoms with van der Waals surface area (Å²) in [7, 11) is 0. The fourth-order valence-electron chi connectivity index (χ4n) is 7.26. The van der Waals surface area contributed by atoms with Crippen LogP contribution >= 0.6 is 11.3 Å².